The molecule has 2 heterocycles. The fourth-order valence-electron chi connectivity index (χ4n) is 2.04. The number of amides is 1. The Balaban J connectivity index is 1.52. The quantitative estimate of drug-likeness (QED) is 0.603. The summed E-state index contributed by atoms with van der Waals surface area (Å²) < 4.78 is 4.19. The zero-order valence-corrected chi connectivity index (χ0v) is 12.9. The minimum Gasteiger partial charge on any atom is -0.359 e. The van der Waals surface area contributed by atoms with Crippen molar-refractivity contribution < 1.29 is 4.79 Å². The molecule has 114 valence electrons. The summed E-state index contributed by atoms with van der Waals surface area (Å²) in [7, 11) is 0. The average Bonchev–Trinajstić information content (AvgIpc) is 3.18. The fourth-order valence-corrected chi connectivity index (χ4v) is 2.71. The van der Waals surface area contributed by atoms with Crippen LogP contribution < -0.4 is 10.6 Å². The molecule has 0 fully saturated rings. The van der Waals surface area contributed by atoms with Crippen LogP contribution in [0.2, 0.25) is 0 Å². The lowest BCUT2D eigenvalue weighted by molar-refractivity contribution is 0.0952. The Morgan fingerprint density at radius 3 is 3.00 bits per heavy atom. The maximum atomic E-state index is 12.1. The van der Waals surface area contributed by atoms with Crippen molar-refractivity contribution in [2.75, 3.05) is 18.4 Å². The summed E-state index contributed by atoms with van der Waals surface area (Å²) in [5.41, 5.74) is 1.27. The Morgan fingerprint density at radius 1 is 1.32 bits per heavy atom. The van der Waals surface area contributed by atoms with E-state index in [4.69, 9.17) is 0 Å². The number of aromatic amines is 1. The van der Waals surface area contributed by atoms with Crippen molar-refractivity contribution in [2.24, 2.45) is 0 Å². The van der Waals surface area contributed by atoms with Crippen molar-refractivity contribution in [2.45, 2.75) is 13.3 Å². The molecular weight excluding hydrogens is 300 g/mol. The van der Waals surface area contributed by atoms with Crippen LogP contribution in [0.3, 0.4) is 0 Å². The SMILES string of the molecule is CCc1nsc(NCCNC(=O)c2n[nH]c3ccccc23)n1. The fraction of sp³-hybridized carbons (Fsp3) is 0.286. The second-order valence-corrected chi connectivity index (χ2v) is 5.42. The zero-order valence-electron chi connectivity index (χ0n) is 12.1. The molecule has 3 aromatic rings. The number of hydrogen-bond donors (Lipinski definition) is 3. The predicted molar refractivity (Wildman–Crippen MR) is 86.2 cm³/mol. The number of fused-ring (bicyclic) bond motifs is 1. The van der Waals surface area contributed by atoms with Crippen LogP contribution in [0.5, 0.6) is 0 Å². The molecule has 0 spiro atoms. The molecule has 2 aromatic heterocycles. The van der Waals surface area contributed by atoms with Crippen molar-refractivity contribution in [3.63, 3.8) is 0 Å². The highest BCUT2D eigenvalue weighted by atomic mass is 32.1. The lowest BCUT2D eigenvalue weighted by Crippen LogP contribution is -2.29. The maximum absolute atomic E-state index is 12.1. The van der Waals surface area contributed by atoms with E-state index in [-0.39, 0.29) is 5.91 Å². The monoisotopic (exact) mass is 316 g/mol. The standard InChI is InChI=1S/C14H16N6OS/c1-2-11-17-14(22-20-11)16-8-7-15-13(21)12-9-5-3-4-6-10(9)18-19-12/h3-6H,2,7-8H2,1H3,(H,15,21)(H,18,19)(H,16,17,20). The minimum atomic E-state index is -0.189. The van der Waals surface area contributed by atoms with Crippen molar-refractivity contribution >= 4 is 33.5 Å². The molecule has 1 amide bonds. The summed E-state index contributed by atoms with van der Waals surface area (Å²) in [6.45, 7) is 3.09. The topological polar surface area (TPSA) is 95.6 Å². The second kappa shape index (κ2) is 6.52. The maximum Gasteiger partial charge on any atom is 0.272 e. The molecule has 0 saturated heterocycles. The molecule has 1 aromatic carbocycles. The Labute approximate surface area is 131 Å². The average molecular weight is 316 g/mol. The van der Waals surface area contributed by atoms with Gasteiger partial charge in [-0.1, -0.05) is 25.1 Å². The summed E-state index contributed by atoms with van der Waals surface area (Å²) in [5.74, 6) is 0.644. The number of para-hydroxylation sites is 1. The first-order chi connectivity index (χ1) is 10.8. The number of carbonyl (C=O) groups is 1. The molecule has 0 aliphatic heterocycles. The largest absolute Gasteiger partial charge is 0.359 e. The van der Waals surface area contributed by atoms with E-state index in [0.29, 0.717) is 18.8 Å². The van der Waals surface area contributed by atoms with Crippen LogP contribution in [-0.2, 0) is 6.42 Å². The van der Waals surface area contributed by atoms with Crippen LogP contribution in [0.15, 0.2) is 24.3 Å². The first-order valence-corrected chi connectivity index (χ1v) is 7.83. The van der Waals surface area contributed by atoms with E-state index >= 15 is 0 Å². The number of hydrogen-bond acceptors (Lipinski definition) is 6. The number of nitrogens with zero attached hydrogens (tertiary/aromatic N) is 3. The van der Waals surface area contributed by atoms with Gasteiger partial charge in [0.1, 0.15) is 5.82 Å². The van der Waals surface area contributed by atoms with Gasteiger partial charge in [0.2, 0.25) is 5.13 Å². The Morgan fingerprint density at radius 2 is 2.18 bits per heavy atom. The normalized spacial score (nSPS) is 10.8. The molecule has 7 nitrogen and oxygen atoms in total. The van der Waals surface area contributed by atoms with Gasteiger partial charge in [-0.05, 0) is 6.07 Å². The van der Waals surface area contributed by atoms with Crippen LogP contribution >= 0.6 is 11.5 Å². The van der Waals surface area contributed by atoms with E-state index in [9.17, 15) is 4.79 Å². The van der Waals surface area contributed by atoms with Gasteiger partial charge in [0.15, 0.2) is 5.69 Å². The number of nitrogens with one attached hydrogen (secondary N) is 3. The van der Waals surface area contributed by atoms with Crippen molar-refractivity contribution in [3.05, 3.63) is 35.8 Å². The molecule has 22 heavy (non-hydrogen) atoms. The summed E-state index contributed by atoms with van der Waals surface area (Å²) in [5, 5.41) is 14.5. The third-order valence-electron chi connectivity index (χ3n) is 3.16. The van der Waals surface area contributed by atoms with E-state index in [2.05, 4.69) is 30.2 Å². The first kappa shape index (κ1) is 14.5. The van der Waals surface area contributed by atoms with Crippen molar-refractivity contribution in [1.82, 2.24) is 24.9 Å². The number of aromatic nitrogens is 4. The number of benzene rings is 1. The first-order valence-electron chi connectivity index (χ1n) is 7.05. The molecule has 3 N–H and O–H groups in total. The van der Waals surface area contributed by atoms with E-state index in [1.54, 1.807) is 0 Å². The van der Waals surface area contributed by atoms with Gasteiger partial charge in [0.25, 0.3) is 5.91 Å². The van der Waals surface area contributed by atoms with E-state index in [1.165, 1.54) is 11.5 Å². The lowest BCUT2D eigenvalue weighted by atomic mass is 10.2. The van der Waals surface area contributed by atoms with Crippen molar-refractivity contribution in [3.8, 4) is 0 Å². The number of aryl methyl sites for hydroxylation is 1. The molecule has 0 radical (unpaired) electrons. The van der Waals surface area contributed by atoms with E-state index in [0.717, 1.165) is 28.3 Å². The molecule has 0 aliphatic rings. The number of anilines is 1. The van der Waals surface area contributed by atoms with Crippen LogP contribution in [0, 0.1) is 0 Å². The Kier molecular flexibility index (Phi) is 4.29. The van der Waals surface area contributed by atoms with Crippen LogP contribution in [-0.4, -0.2) is 38.6 Å². The Bertz CT molecular complexity index is 780. The molecule has 0 saturated carbocycles. The molecule has 0 atom stereocenters. The summed E-state index contributed by atoms with van der Waals surface area (Å²) >= 11 is 1.33. The smallest absolute Gasteiger partial charge is 0.272 e. The summed E-state index contributed by atoms with van der Waals surface area (Å²) in [4.78, 5) is 16.4. The number of carbonyl (C=O) groups excluding carboxylic acids is 1. The highest BCUT2D eigenvalue weighted by molar-refractivity contribution is 7.09. The van der Waals surface area contributed by atoms with E-state index < -0.39 is 0 Å². The van der Waals surface area contributed by atoms with Gasteiger partial charge in [-0.2, -0.15) is 9.47 Å². The van der Waals surface area contributed by atoms with Crippen LogP contribution in [0.25, 0.3) is 10.9 Å². The van der Waals surface area contributed by atoms with E-state index in [1.807, 2.05) is 31.2 Å². The van der Waals surface area contributed by atoms with Crippen molar-refractivity contribution in [1.29, 1.82) is 0 Å². The molecule has 3 rings (SSSR count). The van der Waals surface area contributed by atoms with Gasteiger partial charge < -0.3 is 10.6 Å². The zero-order chi connectivity index (χ0) is 15.4. The lowest BCUT2D eigenvalue weighted by Gasteiger charge is -2.04. The Hall–Kier alpha value is -2.48. The van der Waals surface area contributed by atoms with Crippen LogP contribution in [0.4, 0.5) is 5.13 Å². The predicted octanol–water partition coefficient (Wildman–Crippen LogP) is 1.82. The third-order valence-corrected chi connectivity index (χ3v) is 3.87. The van der Waals surface area contributed by atoms with Gasteiger partial charge in [-0.15, -0.1) is 0 Å². The minimum absolute atomic E-state index is 0.189. The number of rotatable bonds is 6. The molecule has 0 unspecified atom stereocenters. The van der Waals surface area contributed by atoms with Gasteiger partial charge in [0, 0.05) is 36.4 Å². The highest BCUT2D eigenvalue weighted by Gasteiger charge is 2.12. The number of H-pyrrole nitrogens is 1. The molecular formula is C14H16N6OS. The van der Waals surface area contributed by atoms with Gasteiger partial charge in [-0.3, -0.25) is 9.89 Å². The second-order valence-electron chi connectivity index (χ2n) is 4.67. The molecule has 0 aliphatic carbocycles. The van der Waals surface area contributed by atoms with Gasteiger partial charge in [0.05, 0.1) is 5.52 Å². The molecule has 8 heteroatoms. The highest BCUT2D eigenvalue weighted by Crippen LogP contribution is 2.14. The third kappa shape index (κ3) is 3.06. The summed E-state index contributed by atoms with van der Waals surface area (Å²) in [6.07, 6.45) is 0.821. The van der Waals surface area contributed by atoms with Crippen LogP contribution in [0.1, 0.15) is 23.2 Å². The van der Waals surface area contributed by atoms with Gasteiger partial charge in [-0.25, -0.2) is 4.98 Å². The summed E-state index contributed by atoms with van der Waals surface area (Å²) in [6, 6.07) is 7.55. The van der Waals surface area contributed by atoms with Gasteiger partial charge >= 0.3 is 0 Å². The molecule has 0 bridgehead atoms.